The number of ether oxygens (including phenoxy) is 1. The highest BCUT2D eigenvalue weighted by Gasteiger charge is 2.07. The first kappa shape index (κ1) is 13.0. The first-order chi connectivity index (χ1) is 8.58. The average molecular weight is 286 g/mol. The largest absolute Gasteiger partial charge is 0.487 e. The molecule has 0 saturated carbocycles. The Bertz CT molecular complexity index is 575. The van der Waals surface area contributed by atoms with Gasteiger partial charge in [-0.05, 0) is 24.3 Å². The molecule has 0 fully saturated rings. The van der Waals surface area contributed by atoms with Crippen molar-refractivity contribution >= 4 is 28.9 Å². The number of hydrogen-bond acceptors (Lipinski definition) is 2. The molecule has 0 aliphatic carbocycles. The van der Waals surface area contributed by atoms with Crippen LogP contribution in [0.2, 0.25) is 10.0 Å². The Kier molecular flexibility index (Phi) is 3.94. The van der Waals surface area contributed by atoms with Crippen molar-refractivity contribution in [1.29, 1.82) is 0 Å². The second kappa shape index (κ2) is 5.46. The van der Waals surface area contributed by atoms with E-state index in [1.165, 1.54) is 6.07 Å². The molecule has 18 heavy (non-hydrogen) atoms. The number of anilines is 1. The lowest BCUT2D eigenvalue weighted by Gasteiger charge is -2.10. The Morgan fingerprint density at radius 3 is 2.67 bits per heavy atom. The molecule has 94 valence electrons. The minimum absolute atomic E-state index is 0.0602. The summed E-state index contributed by atoms with van der Waals surface area (Å²) in [5.41, 5.74) is 6.72. The van der Waals surface area contributed by atoms with Crippen LogP contribution in [0.15, 0.2) is 36.4 Å². The Hall–Kier alpha value is -1.45. The van der Waals surface area contributed by atoms with Crippen LogP contribution in [-0.4, -0.2) is 0 Å². The molecule has 2 nitrogen and oxygen atoms in total. The van der Waals surface area contributed by atoms with Gasteiger partial charge in [-0.1, -0.05) is 35.3 Å². The van der Waals surface area contributed by atoms with Crippen molar-refractivity contribution in [2.75, 3.05) is 5.73 Å². The maximum absolute atomic E-state index is 13.2. The predicted molar refractivity (Wildman–Crippen MR) is 71.6 cm³/mol. The van der Waals surface area contributed by atoms with Gasteiger partial charge < -0.3 is 10.5 Å². The van der Waals surface area contributed by atoms with E-state index in [2.05, 4.69) is 0 Å². The highest BCUT2D eigenvalue weighted by atomic mass is 35.5. The highest BCUT2D eigenvalue weighted by Crippen LogP contribution is 2.27. The fourth-order valence-corrected chi connectivity index (χ4v) is 1.83. The van der Waals surface area contributed by atoms with E-state index in [1.807, 2.05) is 0 Å². The summed E-state index contributed by atoms with van der Waals surface area (Å²) in [4.78, 5) is 0. The Balaban J connectivity index is 2.14. The van der Waals surface area contributed by atoms with Crippen LogP contribution >= 0.6 is 23.2 Å². The smallest absolute Gasteiger partial charge is 0.142 e. The molecule has 0 amide bonds. The molecule has 0 spiro atoms. The van der Waals surface area contributed by atoms with Crippen LogP contribution in [0.25, 0.3) is 0 Å². The van der Waals surface area contributed by atoms with Crippen LogP contribution in [-0.2, 0) is 6.61 Å². The van der Waals surface area contributed by atoms with Gasteiger partial charge in [0.25, 0.3) is 0 Å². The number of hydrogen-bond donors (Lipinski definition) is 1. The van der Waals surface area contributed by atoms with E-state index in [0.717, 1.165) is 0 Å². The van der Waals surface area contributed by atoms with E-state index in [4.69, 9.17) is 33.7 Å². The van der Waals surface area contributed by atoms with Gasteiger partial charge >= 0.3 is 0 Å². The van der Waals surface area contributed by atoms with Crippen LogP contribution in [0.5, 0.6) is 5.75 Å². The van der Waals surface area contributed by atoms with Gasteiger partial charge in [0.1, 0.15) is 18.2 Å². The molecule has 5 heteroatoms. The molecule has 0 bridgehead atoms. The molecule has 0 aromatic heterocycles. The highest BCUT2D eigenvalue weighted by molar-refractivity contribution is 6.31. The number of halogens is 3. The van der Waals surface area contributed by atoms with Crippen molar-refractivity contribution < 1.29 is 9.13 Å². The topological polar surface area (TPSA) is 35.2 Å². The molecule has 0 aliphatic rings. The zero-order valence-corrected chi connectivity index (χ0v) is 10.8. The van der Waals surface area contributed by atoms with Crippen LogP contribution in [0.1, 0.15) is 5.56 Å². The zero-order chi connectivity index (χ0) is 13.1. The van der Waals surface area contributed by atoms with Crippen molar-refractivity contribution in [3.8, 4) is 5.75 Å². The number of nitrogens with two attached hydrogens (primary N) is 1. The zero-order valence-electron chi connectivity index (χ0n) is 9.29. The second-order valence-corrected chi connectivity index (χ2v) is 4.50. The molecule has 0 aliphatic heterocycles. The van der Waals surface area contributed by atoms with E-state index >= 15 is 0 Å². The average Bonchev–Trinajstić information content (AvgIpc) is 2.33. The Labute approximate surface area is 114 Å². The van der Waals surface area contributed by atoms with Crippen LogP contribution in [0.4, 0.5) is 10.1 Å². The van der Waals surface area contributed by atoms with Gasteiger partial charge in [-0.3, -0.25) is 0 Å². The van der Waals surface area contributed by atoms with Gasteiger partial charge in [0, 0.05) is 10.6 Å². The first-order valence-corrected chi connectivity index (χ1v) is 5.94. The summed E-state index contributed by atoms with van der Waals surface area (Å²) < 4.78 is 18.7. The molecule has 2 aromatic carbocycles. The number of benzene rings is 2. The lowest BCUT2D eigenvalue weighted by atomic mass is 10.2. The Morgan fingerprint density at radius 1 is 1.17 bits per heavy atom. The molecule has 0 saturated heterocycles. The molecule has 0 atom stereocenters. The first-order valence-electron chi connectivity index (χ1n) is 5.18. The molecule has 2 N–H and O–H groups in total. The van der Waals surface area contributed by atoms with Gasteiger partial charge in [0.15, 0.2) is 0 Å². The fourth-order valence-electron chi connectivity index (χ4n) is 1.47. The van der Waals surface area contributed by atoms with Gasteiger partial charge in [-0.2, -0.15) is 0 Å². The van der Waals surface area contributed by atoms with Gasteiger partial charge in [-0.15, -0.1) is 0 Å². The molecule has 2 rings (SSSR count). The summed E-state index contributed by atoms with van der Waals surface area (Å²) >= 11 is 11.6. The van der Waals surface area contributed by atoms with E-state index in [0.29, 0.717) is 22.0 Å². The molecule has 0 heterocycles. The predicted octanol–water partition coefficient (Wildman–Crippen LogP) is 4.29. The normalized spacial score (nSPS) is 10.4. The second-order valence-electron chi connectivity index (χ2n) is 3.68. The SMILES string of the molecule is Nc1cc(Cl)ccc1OCc1cccc(F)c1Cl. The van der Waals surface area contributed by atoms with Gasteiger partial charge in [0.2, 0.25) is 0 Å². The third-order valence-electron chi connectivity index (χ3n) is 2.39. The van der Waals surface area contributed by atoms with Crippen LogP contribution in [0, 0.1) is 5.82 Å². The summed E-state index contributed by atoms with van der Waals surface area (Å²) in [5, 5.41) is 0.591. The minimum atomic E-state index is -0.471. The van der Waals surface area contributed by atoms with E-state index in [-0.39, 0.29) is 11.6 Å². The molecular formula is C13H10Cl2FNO. The fraction of sp³-hybridized carbons (Fsp3) is 0.0769. The van der Waals surface area contributed by atoms with Crippen molar-refractivity contribution in [3.63, 3.8) is 0 Å². The quantitative estimate of drug-likeness (QED) is 0.854. The number of nitrogen functional groups attached to an aromatic ring is 1. The Morgan fingerprint density at radius 2 is 1.94 bits per heavy atom. The lowest BCUT2D eigenvalue weighted by molar-refractivity contribution is 0.307. The molecular weight excluding hydrogens is 276 g/mol. The minimum Gasteiger partial charge on any atom is -0.487 e. The summed E-state index contributed by atoms with van der Waals surface area (Å²) in [6.45, 7) is 0.141. The third-order valence-corrected chi connectivity index (χ3v) is 3.04. The molecule has 2 aromatic rings. The summed E-state index contributed by atoms with van der Waals surface area (Å²) in [6.07, 6.45) is 0. The van der Waals surface area contributed by atoms with E-state index in [1.54, 1.807) is 30.3 Å². The summed E-state index contributed by atoms with van der Waals surface area (Å²) in [6, 6.07) is 9.47. The summed E-state index contributed by atoms with van der Waals surface area (Å²) in [7, 11) is 0. The monoisotopic (exact) mass is 285 g/mol. The van der Waals surface area contributed by atoms with Crippen LogP contribution < -0.4 is 10.5 Å². The standard InChI is InChI=1S/C13H10Cl2FNO/c14-9-4-5-12(11(17)6-9)18-7-8-2-1-3-10(16)13(8)15/h1-6H,7,17H2. The maximum atomic E-state index is 13.2. The molecule has 0 unspecified atom stereocenters. The van der Waals surface area contributed by atoms with Crippen molar-refractivity contribution in [2.45, 2.75) is 6.61 Å². The van der Waals surface area contributed by atoms with Crippen LogP contribution in [0.3, 0.4) is 0 Å². The number of rotatable bonds is 3. The molecule has 0 radical (unpaired) electrons. The lowest BCUT2D eigenvalue weighted by Crippen LogP contribution is -2.00. The van der Waals surface area contributed by atoms with Crippen molar-refractivity contribution in [1.82, 2.24) is 0 Å². The third kappa shape index (κ3) is 2.86. The van der Waals surface area contributed by atoms with Gasteiger partial charge in [-0.25, -0.2) is 4.39 Å². The van der Waals surface area contributed by atoms with E-state index in [9.17, 15) is 4.39 Å². The maximum Gasteiger partial charge on any atom is 0.142 e. The summed E-state index contributed by atoms with van der Waals surface area (Å²) in [5.74, 6) is 0.0153. The van der Waals surface area contributed by atoms with Gasteiger partial charge in [0.05, 0.1) is 10.7 Å². The van der Waals surface area contributed by atoms with Crippen molar-refractivity contribution in [2.24, 2.45) is 0 Å². The van der Waals surface area contributed by atoms with Crippen molar-refractivity contribution in [3.05, 3.63) is 57.8 Å². The van der Waals surface area contributed by atoms with E-state index < -0.39 is 5.82 Å².